The summed E-state index contributed by atoms with van der Waals surface area (Å²) in [7, 11) is -2.98. The van der Waals surface area contributed by atoms with Gasteiger partial charge in [-0.1, -0.05) is 13.0 Å². The van der Waals surface area contributed by atoms with Crippen molar-refractivity contribution in [3.05, 3.63) is 28.2 Å². The molecule has 0 aliphatic carbocycles. The van der Waals surface area contributed by atoms with Crippen LogP contribution < -0.4 is 4.74 Å². The van der Waals surface area contributed by atoms with Crippen molar-refractivity contribution < 1.29 is 13.2 Å². The fraction of sp³-hybridized carbons (Fsp3) is 0.455. The Morgan fingerprint density at radius 3 is 2.65 bits per heavy atom. The van der Waals surface area contributed by atoms with Crippen LogP contribution in [0.5, 0.6) is 5.75 Å². The molecule has 0 heterocycles. The largest absolute Gasteiger partial charge is 0.491 e. The van der Waals surface area contributed by atoms with Gasteiger partial charge in [-0.25, -0.2) is 8.42 Å². The predicted molar refractivity (Wildman–Crippen MR) is 73.5 cm³/mol. The third-order valence-corrected chi connectivity index (χ3v) is 4.84. The van der Waals surface area contributed by atoms with Gasteiger partial charge in [-0.05, 0) is 33.6 Å². The van der Waals surface area contributed by atoms with Gasteiger partial charge in [-0.2, -0.15) is 0 Å². The van der Waals surface area contributed by atoms with Crippen LogP contribution in [0.25, 0.3) is 0 Å². The molecule has 0 spiro atoms. The normalized spacial score (nSPS) is 11.5. The number of halogens is 2. The SMILES string of the molecule is CCS(=O)(=O)CCOc1ccc(CCl)cc1Br. The van der Waals surface area contributed by atoms with Gasteiger partial charge in [0.1, 0.15) is 12.4 Å². The summed E-state index contributed by atoms with van der Waals surface area (Å²) >= 11 is 9.05. The topological polar surface area (TPSA) is 43.4 Å². The second kappa shape index (κ2) is 6.61. The van der Waals surface area contributed by atoms with Gasteiger partial charge < -0.3 is 4.74 Å². The zero-order valence-corrected chi connectivity index (χ0v) is 12.6. The molecule has 0 unspecified atom stereocenters. The van der Waals surface area contributed by atoms with Crippen molar-refractivity contribution in [3.63, 3.8) is 0 Å². The summed E-state index contributed by atoms with van der Waals surface area (Å²) in [6, 6.07) is 5.48. The maximum atomic E-state index is 11.3. The van der Waals surface area contributed by atoms with Crippen molar-refractivity contribution in [2.75, 3.05) is 18.1 Å². The first kappa shape index (κ1) is 14.8. The van der Waals surface area contributed by atoms with E-state index in [1.165, 1.54) is 0 Å². The Bertz CT molecular complexity index is 474. The van der Waals surface area contributed by atoms with Crippen molar-refractivity contribution in [1.29, 1.82) is 0 Å². The van der Waals surface area contributed by atoms with Gasteiger partial charge in [-0.3, -0.25) is 0 Å². The quantitative estimate of drug-likeness (QED) is 0.747. The molecule has 0 aliphatic rings. The molecule has 1 aromatic rings. The molecule has 1 aromatic carbocycles. The molecule has 0 saturated carbocycles. The van der Waals surface area contributed by atoms with Crippen LogP contribution in [-0.2, 0) is 15.7 Å². The highest BCUT2D eigenvalue weighted by Crippen LogP contribution is 2.26. The Balaban J connectivity index is 2.58. The second-order valence-electron chi connectivity index (χ2n) is 3.48. The minimum atomic E-state index is -2.98. The molecule has 96 valence electrons. The number of hydrogen-bond acceptors (Lipinski definition) is 3. The van der Waals surface area contributed by atoms with Crippen LogP contribution in [0, 0.1) is 0 Å². The minimum Gasteiger partial charge on any atom is -0.491 e. The van der Waals surface area contributed by atoms with Crippen LogP contribution >= 0.6 is 27.5 Å². The molecule has 17 heavy (non-hydrogen) atoms. The summed E-state index contributed by atoms with van der Waals surface area (Å²) < 4.78 is 28.7. The van der Waals surface area contributed by atoms with Crippen molar-refractivity contribution in [3.8, 4) is 5.75 Å². The fourth-order valence-electron chi connectivity index (χ4n) is 1.17. The molecule has 0 aromatic heterocycles. The lowest BCUT2D eigenvalue weighted by atomic mass is 10.2. The highest BCUT2D eigenvalue weighted by Gasteiger charge is 2.08. The Morgan fingerprint density at radius 1 is 1.41 bits per heavy atom. The maximum Gasteiger partial charge on any atom is 0.153 e. The van der Waals surface area contributed by atoms with Crippen LogP contribution in [0.4, 0.5) is 0 Å². The number of ether oxygens (including phenoxy) is 1. The molecule has 0 saturated heterocycles. The summed E-state index contributed by atoms with van der Waals surface area (Å²) in [4.78, 5) is 0. The van der Waals surface area contributed by atoms with Gasteiger partial charge in [0, 0.05) is 11.6 Å². The van der Waals surface area contributed by atoms with Gasteiger partial charge in [0.05, 0.1) is 10.2 Å². The van der Waals surface area contributed by atoms with Gasteiger partial charge in [0.25, 0.3) is 0 Å². The lowest BCUT2D eigenvalue weighted by Crippen LogP contribution is -2.15. The Labute approximate surface area is 115 Å². The van der Waals surface area contributed by atoms with E-state index < -0.39 is 9.84 Å². The van der Waals surface area contributed by atoms with E-state index in [1.54, 1.807) is 13.0 Å². The number of hydrogen-bond donors (Lipinski definition) is 0. The average molecular weight is 342 g/mol. The molecule has 0 N–H and O–H groups in total. The Morgan fingerprint density at radius 2 is 2.12 bits per heavy atom. The van der Waals surface area contributed by atoms with E-state index in [4.69, 9.17) is 16.3 Å². The lowest BCUT2D eigenvalue weighted by molar-refractivity contribution is 0.338. The molecule has 0 aliphatic heterocycles. The molecule has 0 fully saturated rings. The first-order chi connectivity index (χ1) is 7.98. The summed E-state index contributed by atoms with van der Waals surface area (Å²) in [5, 5.41) is 0. The Hall–Kier alpha value is -0.260. The van der Waals surface area contributed by atoms with Crippen molar-refractivity contribution in [2.45, 2.75) is 12.8 Å². The Kier molecular flexibility index (Phi) is 5.76. The van der Waals surface area contributed by atoms with E-state index in [0.29, 0.717) is 11.6 Å². The summed E-state index contributed by atoms with van der Waals surface area (Å²) in [5.74, 6) is 1.24. The highest BCUT2D eigenvalue weighted by atomic mass is 79.9. The lowest BCUT2D eigenvalue weighted by Gasteiger charge is -2.09. The maximum absolute atomic E-state index is 11.3. The first-order valence-corrected chi connectivity index (χ1v) is 8.31. The molecule has 0 bridgehead atoms. The number of sulfone groups is 1. The highest BCUT2D eigenvalue weighted by molar-refractivity contribution is 9.10. The number of alkyl halides is 1. The molecule has 0 amide bonds. The predicted octanol–water partition coefficient (Wildman–Crippen LogP) is 3.00. The van der Waals surface area contributed by atoms with Crippen LogP contribution in [0.3, 0.4) is 0 Å². The van der Waals surface area contributed by atoms with E-state index in [9.17, 15) is 8.42 Å². The minimum absolute atomic E-state index is 0.0349. The number of rotatable bonds is 6. The zero-order valence-electron chi connectivity index (χ0n) is 9.45. The summed E-state index contributed by atoms with van der Waals surface area (Å²) in [6.45, 7) is 1.79. The van der Waals surface area contributed by atoms with E-state index in [2.05, 4.69) is 15.9 Å². The second-order valence-corrected chi connectivity index (χ2v) is 7.08. The molecular weight excluding hydrogens is 328 g/mol. The molecule has 3 nitrogen and oxygen atoms in total. The van der Waals surface area contributed by atoms with E-state index in [-0.39, 0.29) is 18.1 Å². The molecule has 1 rings (SSSR count). The average Bonchev–Trinajstić information content (AvgIpc) is 2.31. The van der Waals surface area contributed by atoms with Crippen LogP contribution in [0.1, 0.15) is 12.5 Å². The molecular formula is C11H14BrClO3S. The van der Waals surface area contributed by atoms with Gasteiger partial charge in [0.2, 0.25) is 0 Å². The monoisotopic (exact) mass is 340 g/mol. The van der Waals surface area contributed by atoms with Crippen molar-refractivity contribution in [1.82, 2.24) is 0 Å². The summed E-state index contributed by atoms with van der Waals surface area (Å²) in [6.07, 6.45) is 0. The third kappa shape index (κ3) is 4.85. The van der Waals surface area contributed by atoms with Gasteiger partial charge in [-0.15, -0.1) is 11.6 Å². The number of benzene rings is 1. The van der Waals surface area contributed by atoms with Crippen molar-refractivity contribution in [2.24, 2.45) is 0 Å². The fourth-order valence-corrected chi connectivity index (χ4v) is 2.50. The molecule has 0 radical (unpaired) electrons. The van der Waals surface area contributed by atoms with Gasteiger partial charge >= 0.3 is 0 Å². The van der Waals surface area contributed by atoms with E-state index in [1.807, 2.05) is 12.1 Å². The van der Waals surface area contributed by atoms with Crippen molar-refractivity contribution >= 4 is 37.4 Å². The first-order valence-electron chi connectivity index (χ1n) is 5.16. The standard InChI is InChI=1S/C11H14BrClO3S/c1-2-17(14,15)6-5-16-11-4-3-9(8-13)7-10(11)12/h3-4,7H,2,5-6,8H2,1H3. The van der Waals surface area contributed by atoms with Crippen LogP contribution in [-0.4, -0.2) is 26.5 Å². The molecule has 6 heteroatoms. The molecule has 0 atom stereocenters. The van der Waals surface area contributed by atoms with Crippen LogP contribution in [0.2, 0.25) is 0 Å². The third-order valence-electron chi connectivity index (χ3n) is 2.24. The van der Waals surface area contributed by atoms with Crippen LogP contribution in [0.15, 0.2) is 22.7 Å². The summed E-state index contributed by atoms with van der Waals surface area (Å²) in [5.41, 5.74) is 0.979. The van der Waals surface area contributed by atoms with E-state index >= 15 is 0 Å². The zero-order chi connectivity index (χ0) is 12.9. The van der Waals surface area contributed by atoms with E-state index in [0.717, 1.165) is 10.0 Å². The smallest absolute Gasteiger partial charge is 0.153 e. The van der Waals surface area contributed by atoms with Gasteiger partial charge in [0.15, 0.2) is 9.84 Å².